The van der Waals surface area contributed by atoms with Crippen molar-refractivity contribution in [2.75, 3.05) is 11.9 Å². The molecule has 0 aliphatic rings. The van der Waals surface area contributed by atoms with Crippen LogP contribution >= 0.6 is 0 Å². The first-order valence-electron chi connectivity index (χ1n) is 9.09. The van der Waals surface area contributed by atoms with Gasteiger partial charge in [-0.3, -0.25) is 9.59 Å². The zero-order valence-electron chi connectivity index (χ0n) is 15.6. The molecule has 0 saturated heterocycles. The van der Waals surface area contributed by atoms with Gasteiger partial charge in [-0.2, -0.15) is 0 Å². The molecule has 3 N–H and O–H groups in total. The predicted octanol–water partition coefficient (Wildman–Crippen LogP) is 3.90. The lowest BCUT2D eigenvalue weighted by molar-refractivity contribution is -0.141. The third kappa shape index (κ3) is 6.42. The molecule has 1 amide bonds. The van der Waals surface area contributed by atoms with E-state index in [1.807, 2.05) is 56.3 Å². The normalized spacial score (nSPS) is 12.8. The van der Waals surface area contributed by atoms with Crippen LogP contribution in [0.3, 0.4) is 0 Å². The fraction of sp³-hybridized carbons (Fsp3) is 0.333. The summed E-state index contributed by atoms with van der Waals surface area (Å²) >= 11 is 0. The Labute approximate surface area is 159 Å². The molecule has 0 saturated carbocycles. The lowest BCUT2D eigenvalue weighted by atomic mass is 9.99. The Morgan fingerprint density at radius 2 is 1.74 bits per heavy atom. The Bertz CT molecular complexity index is 749. The summed E-state index contributed by atoms with van der Waals surface area (Å²) in [6, 6.07) is 15.9. The van der Waals surface area contributed by atoms with Crippen molar-refractivity contribution in [2.24, 2.45) is 5.92 Å². The molecule has 0 heterocycles. The van der Waals surface area contributed by atoms with Crippen LogP contribution in [0.5, 0.6) is 11.5 Å². The summed E-state index contributed by atoms with van der Waals surface area (Å²) in [6.45, 7) is 4.11. The summed E-state index contributed by atoms with van der Waals surface area (Å²) in [6.07, 6.45) is 0.917. The number of carboxylic acids is 1. The second-order valence-electron chi connectivity index (χ2n) is 6.37. The molecule has 27 heavy (non-hydrogen) atoms. The van der Waals surface area contributed by atoms with Crippen molar-refractivity contribution in [3.05, 3.63) is 54.6 Å². The molecule has 6 nitrogen and oxygen atoms in total. The monoisotopic (exact) mass is 370 g/mol. The van der Waals surface area contributed by atoms with E-state index >= 15 is 0 Å². The highest BCUT2D eigenvalue weighted by Crippen LogP contribution is 2.29. The van der Waals surface area contributed by atoms with Gasteiger partial charge in [-0.1, -0.05) is 50.6 Å². The van der Waals surface area contributed by atoms with Crippen LogP contribution in [0.1, 0.15) is 26.7 Å². The van der Waals surface area contributed by atoms with E-state index < -0.39 is 12.0 Å². The Kier molecular flexibility index (Phi) is 7.82. The number of hydrogen-bond donors (Lipinski definition) is 3. The minimum atomic E-state index is -0.897. The van der Waals surface area contributed by atoms with Crippen molar-refractivity contribution in [3.8, 4) is 11.5 Å². The van der Waals surface area contributed by atoms with Gasteiger partial charge in [0.15, 0.2) is 5.75 Å². The molecule has 0 aliphatic heterocycles. The first kappa shape index (κ1) is 20.5. The van der Waals surface area contributed by atoms with Crippen molar-refractivity contribution < 1.29 is 19.4 Å². The van der Waals surface area contributed by atoms with Gasteiger partial charge < -0.3 is 20.5 Å². The third-order valence-corrected chi connectivity index (χ3v) is 4.33. The highest BCUT2D eigenvalue weighted by atomic mass is 16.5. The smallest absolute Gasteiger partial charge is 0.320 e. The van der Waals surface area contributed by atoms with Crippen molar-refractivity contribution in [1.82, 2.24) is 5.32 Å². The molecular formula is C21H26N2O4. The molecular weight excluding hydrogens is 344 g/mol. The number of hydrogen-bond acceptors (Lipinski definition) is 4. The molecule has 0 fully saturated rings. The molecule has 0 aromatic heterocycles. The van der Waals surface area contributed by atoms with Crippen molar-refractivity contribution in [3.63, 3.8) is 0 Å². The Morgan fingerprint density at radius 3 is 2.41 bits per heavy atom. The van der Waals surface area contributed by atoms with Crippen molar-refractivity contribution in [1.29, 1.82) is 0 Å². The number of para-hydroxylation sites is 3. The lowest BCUT2D eigenvalue weighted by Crippen LogP contribution is -2.42. The van der Waals surface area contributed by atoms with Gasteiger partial charge >= 0.3 is 5.97 Å². The van der Waals surface area contributed by atoms with E-state index in [4.69, 9.17) is 4.74 Å². The molecule has 0 radical (unpaired) electrons. The molecule has 144 valence electrons. The highest BCUT2D eigenvalue weighted by Gasteiger charge is 2.22. The first-order valence-corrected chi connectivity index (χ1v) is 9.09. The molecule has 0 aliphatic carbocycles. The number of anilines is 1. The van der Waals surface area contributed by atoms with Gasteiger partial charge in [0.25, 0.3) is 0 Å². The number of ether oxygens (including phenoxy) is 1. The van der Waals surface area contributed by atoms with E-state index in [2.05, 4.69) is 10.6 Å². The summed E-state index contributed by atoms with van der Waals surface area (Å²) in [4.78, 5) is 23.6. The minimum Gasteiger partial charge on any atom is -0.480 e. The third-order valence-electron chi connectivity index (χ3n) is 4.33. The van der Waals surface area contributed by atoms with E-state index in [0.717, 1.165) is 6.42 Å². The van der Waals surface area contributed by atoms with Crippen LogP contribution in [-0.4, -0.2) is 29.6 Å². The molecule has 0 bridgehead atoms. The summed E-state index contributed by atoms with van der Waals surface area (Å²) in [7, 11) is 0. The number of rotatable bonds is 10. The predicted molar refractivity (Wildman–Crippen MR) is 105 cm³/mol. The fourth-order valence-corrected chi connectivity index (χ4v) is 2.60. The van der Waals surface area contributed by atoms with E-state index in [9.17, 15) is 14.7 Å². The number of benzene rings is 2. The molecule has 0 unspecified atom stereocenters. The van der Waals surface area contributed by atoms with Crippen LogP contribution in [-0.2, 0) is 9.59 Å². The summed E-state index contributed by atoms with van der Waals surface area (Å²) in [5, 5.41) is 15.0. The molecule has 2 aromatic carbocycles. The zero-order valence-corrected chi connectivity index (χ0v) is 15.6. The van der Waals surface area contributed by atoms with Gasteiger partial charge in [0.1, 0.15) is 11.8 Å². The van der Waals surface area contributed by atoms with Crippen molar-refractivity contribution in [2.45, 2.75) is 32.7 Å². The minimum absolute atomic E-state index is 0.00874. The van der Waals surface area contributed by atoms with Crippen LogP contribution in [0, 0.1) is 5.92 Å². The SMILES string of the molecule is CC[C@H](C)[C@H](NCCC(=O)Nc1ccccc1Oc1ccccc1)C(=O)O. The van der Waals surface area contributed by atoms with Gasteiger partial charge in [0.05, 0.1) is 5.69 Å². The van der Waals surface area contributed by atoms with Crippen LogP contribution < -0.4 is 15.4 Å². The summed E-state index contributed by atoms with van der Waals surface area (Å²) in [5.41, 5.74) is 0.572. The van der Waals surface area contributed by atoms with Gasteiger partial charge in [0.2, 0.25) is 5.91 Å². The maximum absolute atomic E-state index is 12.3. The molecule has 2 rings (SSSR count). The van der Waals surface area contributed by atoms with E-state index in [-0.39, 0.29) is 24.8 Å². The number of nitrogens with one attached hydrogen (secondary N) is 2. The number of carbonyl (C=O) groups excluding carboxylic acids is 1. The highest BCUT2D eigenvalue weighted by molar-refractivity contribution is 5.92. The quantitative estimate of drug-likeness (QED) is 0.590. The second-order valence-corrected chi connectivity index (χ2v) is 6.37. The van der Waals surface area contributed by atoms with Crippen LogP contribution in [0.15, 0.2) is 54.6 Å². The summed E-state index contributed by atoms with van der Waals surface area (Å²) in [5.74, 6) is 0.114. The van der Waals surface area contributed by atoms with E-state index in [1.54, 1.807) is 12.1 Å². The number of aliphatic carboxylic acids is 1. The standard InChI is InChI=1S/C21H26N2O4/c1-3-15(2)20(21(25)26)22-14-13-19(24)23-17-11-7-8-12-18(17)27-16-9-5-4-6-10-16/h4-12,15,20,22H,3,13-14H2,1-2H3,(H,23,24)(H,25,26)/t15-,20-/m0/s1. The van der Waals surface area contributed by atoms with E-state index in [0.29, 0.717) is 17.2 Å². The van der Waals surface area contributed by atoms with Gasteiger partial charge in [0, 0.05) is 13.0 Å². The average molecular weight is 370 g/mol. The van der Waals surface area contributed by atoms with E-state index in [1.165, 1.54) is 0 Å². The fourth-order valence-electron chi connectivity index (χ4n) is 2.60. The lowest BCUT2D eigenvalue weighted by Gasteiger charge is -2.20. The topological polar surface area (TPSA) is 87.7 Å². The maximum atomic E-state index is 12.3. The molecule has 2 atom stereocenters. The van der Waals surface area contributed by atoms with Crippen LogP contribution in [0.2, 0.25) is 0 Å². The van der Waals surface area contributed by atoms with Crippen molar-refractivity contribution >= 4 is 17.6 Å². The maximum Gasteiger partial charge on any atom is 0.320 e. The first-order chi connectivity index (χ1) is 13.0. The Morgan fingerprint density at radius 1 is 1.07 bits per heavy atom. The Balaban J connectivity index is 1.91. The number of amides is 1. The van der Waals surface area contributed by atoms with Gasteiger partial charge in [-0.15, -0.1) is 0 Å². The Hall–Kier alpha value is -2.86. The average Bonchev–Trinajstić information content (AvgIpc) is 2.67. The second kappa shape index (κ2) is 10.3. The van der Waals surface area contributed by atoms with Gasteiger partial charge in [-0.25, -0.2) is 0 Å². The number of carbonyl (C=O) groups is 2. The molecule has 0 spiro atoms. The van der Waals surface area contributed by atoms with Crippen LogP contribution in [0.25, 0.3) is 0 Å². The largest absolute Gasteiger partial charge is 0.480 e. The zero-order chi connectivity index (χ0) is 19.6. The number of carboxylic acid groups (broad SMARTS) is 1. The molecule has 2 aromatic rings. The molecule has 6 heteroatoms. The van der Waals surface area contributed by atoms with Gasteiger partial charge in [-0.05, 0) is 30.2 Å². The van der Waals surface area contributed by atoms with Crippen LogP contribution in [0.4, 0.5) is 5.69 Å². The summed E-state index contributed by atoms with van der Waals surface area (Å²) < 4.78 is 5.82.